The number of benzene rings is 1. The zero-order chi connectivity index (χ0) is 16.7. The van der Waals surface area contributed by atoms with Crippen LogP contribution in [0, 0.1) is 0 Å². The first-order valence-electron chi connectivity index (χ1n) is 7.80. The Balaban J connectivity index is 2.28. The zero-order valence-electron chi connectivity index (χ0n) is 13.7. The number of nitrogens with zero attached hydrogens (tertiary/aromatic N) is 1. The lowest BCUT2D eigenvalue weighted by molar-refractivity contribution is 0.0436. The molecule has 122 valence electrons. The third kappa shape index (κ3) is 3.90. The topological polar surface area (TPSA) is 40.5 Å². The van der Waals surface area contributed by atoms with Crippen molar-refractivity contribution in [3.8, 4) is 0 Å². The third-order valence-corrected chi connectivity index (χ3v) is 3.60. The molecule has 0 saturated heterocycles. The molecule has 2 aromatic rings. The molecule has 0 amide bonds. The summed E-state index contributed by atoms with van der Waals surface area (Å²) < 4.78 is 12.7. The standard InChI is InChI=1S/C19H23NO3/c1-4-6-7-8-14-23-17(5-2)20-13-12-15-10-9-11-16(18(15)20)19(21)22-3/h5-7,9-13,17H,2,4,8,14H2,1,3H3/b7-6-/t17-/m0/s1. The lowest BCUT2D eigenvalue weighted by atomic mass is 10.1. The van der Waals surface area contributed by atoms with E-state index in [9.17, 15) is 4.79 Å². The van der Waals surface area contributed by atoms with Gasteiger partial charge in [-0.25, -0.2) is 4.79 Å². The lowest BCUT2D eigenvalue weighted by Crippen LogP contribution is -2.12. The van der Waals surface area contributed by atoms with E-state index in [2.05, 4.69) is 25.7 Å². The molecule has 4 heteroatoms. The van der Waals surface area contributed by atoms with Gasteiger partial charge in [0, 0.05) is 11.6 Å². The lowest BCUT2D eigenvalue weighted by Gasteiger charge is -2.18. The third-order valence-electron chi connectivity index (χ3n) is 3.60. The van der Waals surface area contributed by atoms with Crippen LogP contribution in [-0.2, 0) is 9.47 Å². The average Bonchev–Trinajstić information content (AvgIpc) is 3.01. The minimum absolute atomic E-state index is 0.326. The van der Waals surface area contributed by atoms with Crippen molar-refractivity contribution in [1.29, 1.82) is 0 Å². The van der Waals surface area contributed by atoms with Crippen LogP contribution < -0.4 is 0 Å². The van der Waals surface area contributed by atoms with Gasteiger partial charge in [-0.05, 0) is 31.1 Å². The fraction of sp³-hybridized carbons (Fsp3) is 0.316. The van der Waals surface area contributed by atoms with Crippen LogP contribution in [0.25, 0.3) is 10.9 Å². The minimum atomic E-state index is -0.357. The molecule has 1 atom stereocenters. The molecule has 0 N–H and O–H groups in total. The van der Waals surface area contributed by atoms with E-state index in [0.717, 1.165) is 23.7 Å². The molecule has 1 aromatic carbocycles. The molecule has 1 heterocycles. The predicted octanol–water partition coefficient (Wildman–Crippen LogP) is 4.49. The highest BCUT2D eigenvalue weighted by molar-refractivity contribution is 6.03. The Morgan fingerprint density at radius 1 is 1.35 bits per heavy atom. The first kappa shape index (κ1) is 17.0. The fourth-order valence-electron chi connectivity index (χ4n) is 2.51. The number of rotatable bonds is 8. The van der Waals surface area contributed by atoms with Crippen molar-refractivity contribution < 1.29 is 14.3 Å². The molecule has 0 fully saturated rings. The highest BCUT2D eigenvalue weighted by atomic mass is 16.5. The fourth-order valence-corrected chi connectivity index (χ4v) is 2.51. The van der Waals surface area contributed by atoms with Gasteiger partial charge in [-0.3, -0.25) is 0 Å². The largest absolute Gasteiger partial charge is 0.465 e. The van der Waals surface area contributed by atoms with Crippen LogP contribution in [0.4, 0.5) is 0 Å². The van der Waals surface area contributed by atoms with Gasteiger partial charge in [0.15, 0.2) is 6.23 Å². The molecule has 0 aliphatic rings. The van der Waals surface area contributed by atoms with Crippen LogP contribution in [0.1, 0.15) is 36.4 Å². The molecule has 23 heavy (non-hydrogen) atoms. The van der Waals surface area contributed by atoms with Crippen molar-refractivity contribution in [2.75, 3.05) is 13.7 Å². The van der Waals surface area contributed by atoms with Crippen molar-refractivity contribution in [2.45, 2.75) is 26.0 Å². The van der Waals surface area contributed by atoms with Gasteiger partial charge in [-0.2, -0.15) is 0 Å². The highest BCUT2D eigenvalue weighted by Crippen LogP contribution is 2.25. The Morgan fingerprint density at radius 3 is 2.87 bits per heavy atom. The van der Waals surface area contributed by atoms with Crippen molar-refractivity contribution >= 4 is 16.9 Å². The summed E-state index contributed by atoms with van der Waals surface area (Å²) in [7, 11) is 1.38. The SMILES string of the molecule is C=C[C@H](OCC/C=C\CC)n1ccc2cccc(C(=O)OC)c21. The van der Waals surface area contributed by atoms with Crippen LogP contribution in [0.15, 0.2) is 55.3 Å². The summed E-state index contributed by atoms with van der Waals surface area (Å²) in [6.07, 6.45) is 9.41. The van der Waals surface area contributed by atoms with E-state index in [1.165, 1.54) is 7.11 Å². The van der Waals surface area contributed by atoms with Crippen LogP contribution in [0.3, 0.4) is 0 Å². The van der Waals surface area contributed by atoms with E-state index in [1.54, 1.807) is 12.1 Å². The van der Waals surface area contributed by atoms with Gasteiger partial charge in [0.05, 0.1) is 24.8 Å². The van der Waals surface area contributed by atoms with E-state index in [4.69, 9.17) is 9.47 Å². The van der Waals surface area contributed by atoms with Gasteiger partial charge in [0.25, 0.3) is 0 Å². The maximum atomic E-state index is 12.0. The monoisotopic (exact) mass is 313 g/mol. The van der Waals surface area contributed by atoms with Crippen LogP contribution in [-0.4, -0.2) is 24.3 Å². The van der Waals surface area contributed by atoms with Gasteiger partial charge in [-0.15, -0.1) is 0 Å². The number of hydrogen-bond donors (Lipinski definition) is 0. The molecular formula is C19H23NO3. The Morgan fingerprint density at radius 2 is 2.17 bits per heavy atom. The van der Waals surface area contributed by atoms with E-state index in [0.29, 0.717) is 12.2 Å². The molecule has 4 nitrogen and oxygen atoms in total. The molecule has 0 aliphatic heterocycles. The molecule has 1 aromatic heterocycles. The maximum absolute atomic E-state index is 12.0. The molecule has 0 bridgehead atoms. The molecular weight excluding hydrogens is 290 g/mol. The summed E-state index contributed by atoms with van der Waals surface area (Å²) in [6, 6.07) is 7.52. The number of allylic oxidation sites excluding steroid dienone is 1. The van der Waals surface area contributed by atoms with Crippen LogP contribution in [0.5, 0.6) is 0 Å². The van der Waals surface area contributed by atoms with Gasteiger partial charge in [0.2, 0.25) is 0 Å². The van der Waals surface area contributed by atoms with E-state index >= 15 is 0 Å². The second kappa shape index (κ2) is 8.34. The van der Waals surface area contributed by atoms with Gasteiger partial charge >= 0.3 is 5.97 Å². The summed E-state index contributed by atoms with van der Waals surface area (Å²) in [5.74, 6) is -0.357. The van der Waals surface area contributed by atoms with Crippen LogP contribution >= 0.6 is 0 Å². The van der Waals surface area contributed by atoms with Gasteiger partial charge < -0.3 is 14.0 Å². The number of aromatic nitrogens is 1. The number of para-hydroxylation sites is 1. The molecule has 0 radical (unpaired) electrons. The number of hydrogen-bond acceptors (Lipinski definition) is 3. The molecule has 0 spiro atoms. The highest BCUT2D eigenvalue weighted by Gasteiger charge is 2.17. The van der Waals surface area contributed by atoms with Crippen molar-refractivity contribution in [3.05, 3.63) is 60.8 Å². The second-order valence-corrected chi connectivity index (χ2v) is 5.12. The van der Waals surface area contributed by atoms with Crippen LogP contribution in [0.2, 0.25) is 0 Å². The Kier molecular flexibility index (Phi) is 6.18. The number of esters is 1. The van der Waals surface area contributed by atoms with Gasteiger partial charge in [0.1, 0.15) is 0 Å². The van der Waals surface area contributed by atoms with Gasteiger partial charge in [-0.1, -0.05) is 37.8 Å². The number of ether oxygens (including phenoxy) is 2. The number of methoxy groups -OCH3 is 1. The number of carbonyl (C=O) groups excluding carboxylic acids is 1. The Labute approximate surface area is 137 Å². The molecule has 0 aliphatic carbocycles. The summed E-state index contributed by atoms with van der Waals surface area (Å²) in [4.78, 5) is 12.0. The van der Waals surface area contributed by atoms with E-state index in [1.807, 2.05) is 29.0 Å². The second-order valence-electron chi connectivity index (χ2n) is 5.12. The maximum Gasteiger partial charge on any atom is 0.340 e. The summed E-state index contributed by atoms with van der Waals surface area (Å²) >= 11 is 0. The molecule has 0 unspecified atom stereocenters. The number of fused-ring (bicyclic) bond motifs is 1. The van der Waals surface area contributed by atoms with Crippen molar-refractivity contribution in [1.82, 2.24) is 4.57 Å². The zero-order valence-corrected chi connectivity index (χ0v) is 13.7. The smallest absolute Gasteiger partial charge is 0.340 e. The normalized spacial score (nSPS) is 12.6. The van der Waals surface area contributed by atoms with E-state index in [-0.39, 0.29) is 12.2 Å². The first-order valence-corrected chi connectivity index (χ1v) is 7.80. The first-order chi connectivity index (χ1) is 11.2. The van der Waals surface area contributed by atoms with Crippen molar-refractivity contribution in [2.24, 2.45) is 0 Å². The van der Waals surface area contributed by atoms with Crippen molar-refractivity contribution in [3.63, 3.8) is 0 Å². The Hall–Kier alpha value is -2.33. The quantitative estimate of drug-likeness (QED) is 0.410. The molecule has 2 rings (SSSR count). The van der Waals surface area contributed by atoms with E-state index < -0.39 is 0 Å². The minimum Gasteiger partial charge on any atom is -0.465 e. The predicted molar refractivity (Wildman–Crippen MR) is 92.5 cm³/mol. The number of carbonyl (C=O) groups is 1. The summed E-state index contributed by atoms with van der Waals surface area (Å²) in [5, 5.41) is 0.967. The summed E-state index contributed by atoms with van der Waals surface area (Å²) in [6.45, 7) is 6.55. The average molecular weight is 313 g/mol. The molecule has 0 saturated carbocycles. The Bertz CT molecular complexity index is 700. The summed E-state index contributed by atoms with van der Waals surface area (Å²) in [5.41, 5.74) is 1.32.